The maximum Gasteiger partial charge on any atom is 0.435 e. The van der Waals surface area contributed by atoms with Crippen LogP contribution in [0.15, 0.2) is 60.7 Å². The number of alkyl halides is 5. The highest BCUT2D eigenvalue weighted by Gasteiger charge is 2.72. The Morgan fingerprint density at radius 3 is 2.22 bits per heavy atom. The monoisotopic (exact) mass is 831 g/mol. The van der Waals surface area contributed by atoms with Crippen molar-refractivity contribution in [3.63, 3.8) is 0 Å². The van der Waals surface area contributed by atoms with Crippen LogP contribution in [-0.4, -0.2) is 37.5 Å². The molecule has 0 spiro atoms. The van der Waals surface area contributed by atoms with E-state index in [1.54, 1.807) is 30.3 Å². The lowest BCUT2D eigenvalue weighted by atomic mass is 9.93. The molecular formula is C41H28F7N7O3S. The minimum absolute atomic E-state index is 0.0595. The van der Waals surface area contributed by atoms with Crippen molar-refractivity contribution in [2.75, 3.05) is 0 Å². The van der Waals surface area contributed by atoms with Crippen molar-refractivity contribution in [1.29, 1.82) is 0 Å². The molecule has 5 heterocycles. The minimum atomic E-state index is -5.07. The van der Waals surface area contributed by atoms with Crippen LogP contribution >= 0.6 is 11.3 Å². The molecule has 18 heteroatoms. The lowest BCUT2D eigenvalue weighted by molar-refractivity contribution is -0.142. The number of thiazole rings is 1. The molecule has 0 bridgehead atoms. The van der Waals surface area contributed by atoms with Gasteiger partial charge in [-0.15, -0.1) is 11.3 Å². The zero-order valence-corrected chi connectivity index (χ0v) is 31.3. The molecule has 3 N–H and O–H groups in total. The van der Waals surface area contributed by atoms with Crippen LogP contribution in [0.3, 0.4) is 0 Å². The molecule has 3 aromatic heterocycles. The van der Waals surface area contributed by atoms with E-state index in [1.165, 1.54) is 18.3 Å². The third kappa shape index (κ3) is 6.05. The SMILES string of the molecule is C[C@@H]1[C@@H]2c3c(C(F)(F)F)nn(CC(=O)N[C@@H](Cc4cc(F)cc(F)c4)c4nc5nc(-c6ccc7c(c6)C(=O)NC7)sc5cc4-c4ccc5c(c4)C(=O)NC5)c3C(F)(F)[C@H]12. The average molecular weight is 832 g/mol. The van der Waals surface area contributed by atoms with Gasteiger partial charge < -0.3 is 16.0 Å². The fourth-order valence-electron chi connectivity index (χ4n) is 8.87. The van der Waals surface area contributed by atoms with E-state index < -0.39 is 76.9 Å². The number of hydrogen-bond acceptors (Lipinski definition) is 7. The van der Waals surface area contributed by atoms with Crippen LogP contribution < -0.4 is 16.0 Å². The highest BCUT2D eigenvalue weighted by atomic mass is 32.1. The molecule has 0 saturated heterocycles. The van der Waals surface area contributed by atoms with Crippen molar-refractivity contribution in [2.45, 2.75) is 57.0 Å². The Labute approximate surface area is 332 Å². The number of amides is 3. The normalized spacial score (nSPS) is 20.2. The average Bonchev–Trinajstić information content (AvgIpc) is 3.70. The summed E-state index contributed by atoms with van der Waals surface area (Å²) in [4.78, 5) is 48.8. The fraction of sp³-hybridized carbons (Fsp3) is 0.268. The summed E-state index contributed by atoms with van der Waals surface area (Å²) < 4.78 is 104. The van der Waals surface area contributed by atoms with E-state index in [2.05, 4.69) is 21.0 Å². The molecule has 59 heavy (non-hydrogen) atoms. The molecular weight excluding hydrogens is 804 g/mol. The Morgan fingerprint density at radius 1 is 0.915 bits per heavy atom. The Bertz CT molecular complexity index is 2820. The molecule has 1 saturated carbocycles. The Morgan fingerprint density at radius 2 is 1.56 bits per heavy atom. The largest absolute Gasteiger partial charge is 0.435 e. The zero-order chi connectivity index (χ0) is 41.3. The molecule has 0 unspecified atom stereocenters. The first kappa shape index (κ1) is 37.1. The number of nitrogens with one attached hydrogen (secondary N) is 3. The van der Waals surface area contributed by atoms with Crippen LogP contribution in [0.4, 0.5) is 30.7 Å². The molecule has 0 radical (unpaired) electrons. The Balaban J connectivity index is 1.10. The van der Waals surface area contributed by atoms with Gasteiger partial charge in [0, 0.05) is 58.8 Å². The van der Waals surface area contributed by atoms with E-state index >= 15 is 8.78 Å². The summed E-state index contributed by atoms with van der Waals surface area (Å²) in [6.45, 7) is 1.09. The van der Waals surface area contributed by atoms with E-state index in [9.17, 15) is 36.3 Å². The quantitative estimate of drug-likeness (QED) is 0.136. The summed E-state index contributed by atoms with van der Waals surface area (Å²) in [5, 5.41) is 12.2. The van der Waals surface area contributed by atoms with Crippen LogP contribution in [0, 0.1) is 23.5 Å². The van der Waals surface area contributed by atoms with Gasteiger partial charge >= 0.3 is 6.18 Å². The first-order valence-corrected chi connectivity index (χ1v) is 19.3. The van der Waals surface area contributed by atoms with Crippen molar-refractivity contribution < 1.29 is 45.1 Å². The molecule has 10 nitrogen and oxygen atoms in total. The standard InChI is InChI=1S/C41H28F7N7O3S/c1-16-30-31-34(41(46,47)48)54-55(35(31)40(44,45)32(16)30)15-29(56)51-27(8-17-6-22(42)11-23(43)7-17)33-24(18-2-4-20-13-49-37(57)25(20)9-18)12-28-36(52-33)53-39(59-28)19-3-5-21-14-50-38(58)26(21)10-19/h2-7,9-12,16,27,30,32H,8,13-15H2,1H3,(H,49,57)(H,50,58)(H,51,56)/t16-,27+,30-,32-/m1/s1. The van der Waals surface area contributed by atoms with Crippen LogP contribution in [0.2, 0.25) is 0 Å². The lowest BCUT2D eigenvalue weighted by Crippen LogP contribution is -2.35. The van der Waals surface area contributed by atoms with Crippen molar-refractivity contribution in [3.05, 3.63) is 123 Å². The molecule has 4 atom stereocenters. The topological polar surface area (TPSA) is 131 Å². The van der Waals surface area contributed by atoms with Crippen LogP contribution in [0.25, 0.3) is 32.0 Å². The predicted molar refractivity (Wildman–Crippen MR) is 198 cm³/mol. The first-order valence-electron chi connectivity index (χ1n) is 18.5. The summed E-state index contributed by atoms with van der Waals surface area (Å²) in [5.41, 5.74) is 1.16. The van der Waals surface area contributed by atoms with Gasteiger partial charge in [0.1, 0.15) is 28.9 Å². The summed E-state index contributed by atoms with van der Waals surface area (Å²) >= 11 is 1.25. The van der Waals surface area contributed by atoms with Crippen LogP contribution in [0.5, 0.6) is 0 Å². The number of carbonyl (C=O) groups excluding carboxylic acids is 3. The zero-order valence-electron chi connectivity index (χ0n) is 30.5. The van der Waals surface area contributed by atoms with Gasteiger partial charge in [0.25, 0.3) is 17.7 Å². The minimum Gasteiger partial charge on any atom is -0.348 e. The molecule has 2 aliphatic carbocycles. The maximum absolute atomic E-state index is 15.7. The van der Waals surface area contributed by atoms with Gasteiger partial charge in [-0.2, -0.15) is 27.1 Å². The number of halogens is 7. The second-order valence-electron chi connectivity index (χ2n) is 15.3. The van der Waals surface area contributed by atoms with Gasteiger partial charge in [-0.05, 0) is 64.9 Å². The molecule has 6 aromatic rings. The maximum atomic E-state index is 15.7. The summed E-state index contributed by atoms with van der Waals surface area (Å²) in [6, 6.07) is 13.6. The van der Waals surface area contributed by atoms with Gasteiger partial charge in [-0.3, -0.25) is 19.1 Å². The van der Waals surface area contributed by atoms with E-state index in [-0.39, 0.29) is 35.1 Å². The molecule has 300 valence electrons. The highest BCUT2D eigenvalue weighted by Crippen LogP contribution is 2.71. The van der Waals surface area contributed by atoms with Crippen LogP contribution in [0.1, 0.15) is 78.9 Å². The van der Waals surface area contributed by atoms with E-state index in [0.29, 0.717) is 61.4 Å². The van der Waals surface area contributed by atoms with E-state index in [4.69, 9.17) is 9.97 Å². The third-order valence-electron chi connectivity index (χ3n) is 11.6. The van der Waals surface area contributed by atoms with Gasteiger partial charge in [-0.1, -0.05) is 31.2 Å². The smallest absolute Gasteiger partial charge is 0.348 e. The fourth-order valence-corrected chi connectivity index (χ4v) is 9.81. The van der Waals surface area contributed by atoms with Crippen molar-refractivity contribution in [3.8, 4) is 21.7 Å². The number of pyridine rings is 1. The molecule has 4 aliphatic rings. The molecule has 3 aromatic carbocycles. The second-order valence-corrected chi connectivity index (χ2v) is 16.3. The molecule has 10 rings (SSSR count). The number of fused-ring (bicyclic) bond motifs is 6. The van der Waals surface area contributed by atoms with Gasteiger partial charge in [0.05, 0.1) is 16.4 Å². The number of aromatic nitrogens is 4. The summed E-state index contributed by atoms with van der Waals surface area (Å²) in [7, 11) is 0. The third-order valence-corrected chi connectivity index (χ3v) is 12.6. The number of hydrogen-bond donors (Lipinski definition) is 3. The van der Waals surface area contributed by atoms with Gasteiger partial charge in [0.2, 0.25) is 5.91 Å². The highest BCUT2D eigenvalue weighted by molar-refractivity contribution is 7.21. The number of benzene rings is 3. The second kappa shape index (κ2) is 12.9. The van der Waals surface area contributed by atoms with Crippen molar-refractivity contribution in [1.82, 2.24) is 35.7 Å². The van der Waals surface area contributed by atoms with Crippen molar-refractivity contribution in [2.24, 2.45) is 11.8 Å². The van der Waals surface area contributed by atoms with Gasteiger partial charge in [0.15, 0.2) is 11.3 Å². The predicted octanol–water partition coefficient (Wildman–Crippen LogP) is 7.56. The summed E-state index contributed by atoms with van der Waals surface area (Å²) in [5.74, 6) is -10.2. The summed E-state index contributed by atoms with van der Waals surface area (Å²) in [6.07, 6.45) is -5.39. The Hall–Kier alpha value is -6.17. The van der Waals surface area contributed by atoms with Crippen molar-refractivity contribution >= 4 is 39.4 Å². The Kier molecular flexibility index (Phi) is 8.13. The molecule has 1 fully saturated rings. The number of carbonyl (C=O) groups is 3. The number of nitrogens with zero attached hydrogens (tertiary/aromatic N) is 4. The number of rotatable bonds is 8. The first-order chi connectivity index (χ1) is 28.0. The van der Waals surface area contributed by atoms with Gasteiger partial charge in [-0.25, -0.2) is 18.7 Å². The lowest BCUT2D eigenvalue weighted by Gasteiger charge is -2.23. The molecule has 3 amide bonds. The molecule has 2 aliphatic heterocycles. The van der Waals surface area contributed by atoms with Crippen LogP contribution in [-0.2, 0) is 42.9 Å². The van der Waals surface area contributed by atoms with E-state index in [0.717, 1.165) is 23.3 Å². The van der Waals surface area contributed by atoms with E-state index in [1.807, 2.05) is 12.1 Å².